The molecule has 1 unspecified atom stereocenters. The van der Waals surface area contributed by atoms with Gasteiger partial charge in [0.05, 0.1) is 29.2 Å². The van der Waals surface area contributed by atoms with E-state index in [1.807, 2.05) is 43.9 Å². The van der Waals surface area contributed by atoms with Gasteiger partial charge in [0.2, 0.25) is 5.92 Å². The Labute approximate surface area is 185 Å². The van der Waals surface area contributed by atoms with Crippen LogP contribution < -0.4 is 4.74 Å². The first-order chi connectivity index (χ1) is 15.2. The summed E-state index contributed by atoms with van der Waals surface area (Å²) in [5.74, 6) is -1.37. The zero-order chi connectivity index (χ0) is 22.6. The molecule has 8 heteroatoms. The predicted octanol–water partition coefficient (Wildman–Crippen LogP) is 5.24. The van der Waals surface area contributed by atoms with Crippen molar-refractivity contribution >= 4 is 16.7 Å². The molecule has 0 bridgehead atoms. The number of ketones is 1. The summed E-state index contributed by atoms with van der Waals surface area (Å²) in [6.07, 6.45) is 5.68. The van der Waals surface area contributed by atoms with Gasteiger partial charge in [-0.15, -0.1) is 0 Å². The lowest BCUT2D eigenvalue weighted by molar-refractivity contribution is -0.117. The largest absolute Gasteiger partial charge is 0.490 e. The van der Waals surface area contributed by atoms with E-state index in [1.54, 1.807) is 10.9 Å². The summed E-state index contributed by atoms with van der Waals surface area (Å²) in [5.41, 5.74) is 3.54. The monoisotopic (exact) mass is 442 g/mol. The van der Waals surface area contributed by atoms with Crippen LogP contribution in [-0.2, 0) is 11.8 Å². The molecule has 3 atom stereocenters. The highest BCUT2D eigenvalue weighted by molar-refractivity contribution is 5.92. The van der Waals surface area contributed by atoms with E-state index in [0.29, 0.717) is 25.0 Å². The van der Waals surface area contributed by atoms with Crippen LogP contribution in [0.25, 0.3) is 22.0 Å². The van der Waals surface area contributed by atoms with Crippen LogP contribution in [0.5, 0.6) is 5.75 Å². The molecule has 2 fully saturated rings. The minimum absolute atomic E-state index is 0.0917. The second-order valence-corrected chi connectivity index (χ2v) is 9.40. The fourth-order valence-corrected chi connectivity index (χ4v) is 5.08. The molecule has 6 nitrogen and oxygen atoms in total. The standard InChI is InChI=1S/C24H28F2N4O2/c1-14-23-21(28-29(14)3)9-17(10-22(23)32-15(2)16-4-5-20(31)8-16)18-12-27-30(13-18)19-6-7-24(25,26)11-19/h9-10,12-13,15-16,19H,4-8,11H2,1-3H3/t15-,16+,19?/m1/s1. The van der Waals surface area contributed by atoms with Crippen LogP contribution in [0.2, 0.25) is 0 Å². The first kappa shape index (κ1) is 21.1. The van der Waals surface area contributed by atoms with E-state index in [9.17, 15) is 13.6 Å². The molecular weight excluding hydrogens is 414 g/mol. The SMILES string of the molecule is Cc1c2c(O[C@H](C)[C@H]3CCC(=O)C3)cc(-c3cnn(C4CCC(F)(F)C4)c3)cc2nn1C. The van der Waals surface area contributed by atoms with Crippen LogP contribution in [0.3, 0.4) is 0 Å². The normalized spacial score (nSPS) is 23.8. The lowest BCUT2D eigenvalue weighted by Gasteiger charge is -2.21. The van der Waals surface area contributed by atoms with Crippen molar-refractivity contribution in [3.8, 4) is 16.9 Å². The minimum Gasteiger partial charge on any atom is -0.490 e. The van der Waals surface area contributed by atoms with E-state index >= 15 is 0 Å². The third-order valence-electron chi connectivity index (χ3n) is 7.13. The summed E-state index contributed by atoms with van der Waals surface area (Å²) >= 11 is 0. The van der Waals surface area contributed by atoms with Crippen molar-refractivity contribution in [3.05, 3.63) is 30.2 Å². The average molecular weight is 443 g/mol. The number of hydrogen-bond donors (Lipinski definition) is 0. The van der Waals surface area contributed by atoms with Crippen LogP contribution in [0.15, 0.2) is 24.5 Å². The van der Waals surface area contributed by atoms with Crippen LogP contribution >= 0.6 is 0 Å². The van der Waals surface area contributed by atoms with Crippen molar-refractivity contribution in [3.63, 3.8) is 0 Å². The molecule has 0 spiro atoms. The van der Waals surface area contributed by atoms with E-state index in [-0.39, 0.29) is 30.9 Å². The van der Waals surface area contributed by atoms with Crippen LogP contribution in [-0.4, -0.2) is 37.4 Å². The van der Waals surface area contributed by atoms with Crippen molar-refractivity contribution in [2.24, 2.45) is 13.0 Å². The summed E-state index contributed by atoms with van der Waals surface area (Å²) < 4.78 is 37.2. The van der Waals surface area contributed by atoms with Gasteiger partial charge in [-0.2, -0.15) is 10.2 Å². The number of rotatable bonds is 5. The molecule has 170 valence electrons. The Bertz CT molecular complexity index is 1180. The molecule has 3 aromatic rings. The molecule has 2 aliphatic rings. The number of hydrogen-bond acceptors (Lipinski definition) is 4. The number of ether oxygens (including phenoxy) is 1. The van der Waals surface area contributed by atoms with E-state index in [4.69, 9.17) is 4.74 Å². The Balaban J connectivity index is 1.49. The first-order valence-electron chi connectivity index (χ1n) is 11.3. The molecule has 2 saturated carbocycles. The van der Waals surface area contributed by atoms with Crippen molar-refractivity contribution in [2.45, 2.75) is 70.4 Å². The Morgan fingerprint density at radius 2 is 2.06 bits per heavy atom. The molecule has 0 radical (unpaired) electrons. The number of benzene rings is 1. The van der Waals surface area contributed by atoms with Crippen molar-refractivity contribution in [1.82, 2.24) is 19.6 Å². The van der Waals surface area contributed by atoms with Gasteiger partial charge in [-0.1, -0.05) is 0 Å². The minimum atomic E-state index is -2.61. The van der Waals surface area contributed by atoms with Crippen molar-refractivity contribution in [2.75, 3.05) is 0 Å². The van der Waals surface area contributed by atoms with E-state index in [0.717, 1.165) is 39.9 Å². The lowest BCUT2D eigenvalue weighted by atomic mass is 10.0. The zero-order valence-corrected chi connectivity index (χ0v) is 18.6. The fourth-order valence-electron chi connectivity index (χ4n) is 5.08. The van der Waals surface area contributed by atoms with Crippen LogP contribution in [0.1, 0.15) is 57.2 Å². The Hall–Kier alpha value is -2.77. The first-order valence-corrected chi connectivity index (χ1v) is 11.3. The Morgan fingerprint density at radius 1 is 1.25 bits per heavy atom. The third-order valence-corrected chi connectivity index (χ3v) is 7.13. The fraction of sp³-hybridized carbons (Fsp3) is 0.542. The van der Waals surface area contributed by atoms with E-state index in [2.05, 4.69) is 10.2 Å². The maximum absolute atomic E-state index is 13.7. The van der Waals surface area contributed by atoms with E-state index < -0.39 is 5.92 Å². The summed E-state index contributed by atoms with van der Waals surface area (Å²) in [5, 5.41) is 9.97. The predicted molar refractivity (Wildman–Crippen MR) is 117 cm³/mol. The number of nitrogens with zero attached hydrogens (tertiary/aromatic N) is 4. The highest BCUT2D eigenvalue weighted by atomic mass is 19.3. The number of carbonyl (C=O) groups excluding carboxylic acids is 1. The van der Waals surface area contributed by atoms with Crippen LogP contribution in [0, 0.1) is 12.8 Å². The summed E-state index contributed by atoms with van der Waals surface area (Å²) in [6, 6.07) is 3.69. The quantitative estimate of drug-likeness (QED) is 0.542. The zero-order valence-electron chi connectivity index (χ0n) is 18.6. The number of aromatic nitrogens is 4. The number of Topliss-reactive ketones (excluding diaryl/α,β-unsaturated/α-hetero) is 1. The summed E-state index contributed by atoms with van der Waals surface area (Å²) in [7, 11) is 1.90. The van der Waals surface area contributed by atoms with Gasteiger partial charge in [0.25, 0.3) is 0 Å². The van der Waals surface area contributed by atoms with Crippen LogP contribution in [0.4, 0.5) is 8.78 Å². The molecule has 2 aromatic heterocycles. The number of carbonyl (C=O) groups is 1. The molecule has 0 N–H and O–H groups in total. The molecule has 32 heavy (non-hydrogen) atoms. The van der Waals surface area contributed by atoms with Gasteiger partial charge >= 0.3 is 0 Å². The number of aryl methyl sites for hydroxylation is 2. The molecule has 0 aliphatic heterocycles. The second-order valence-electron chi connectivity index (χ2n) is 9.40. The molecule has 2 aliphatic carbocycles. The van der Waals surface area contributed by atoms with E-state index in [1.165, 1.54) is 0 Å². The van der Waals surface area contributed by atoms with Gasteiger partial charge in [-0.25, -0.2) is 8.78 Å². The lowest BCUT2D eigenvalue weighted by Crippen LogP contribution is -2.22. The number of fused-ring (bicyclic) bond motifs is 1. The summed E-state index contributed by atoms with van der Waals surface area (Å²) in [6.45, 7) is 4.02. The number of halogens is 2. The van der Waals surface area contributed by atoms with Crippen molar-refractivity contribution in [1.29, 1.82) is 0 Å². The van der Waals surface area contributed by atoms with Gasteiger partial charge in [-0.3, -0.25) is 14.2 Å². The van der Waals surface area contributed by atoms with Gasteiger partial charge in [0.1, 0.15) is 11.5 Å². The molecule has 2 heterocycles. The van der Waals surface area contributed by atoms with Gasteiger partial charge in [0, 0.05) is 56.1 Å². The summed E-state index contributed by atoms with van der Waals surface area (Å²) in [4.78, 5) is 11.7. The highest BCUT2D eigenvalue weighted by Gasteiger charge is 2.40. The molecule has 5 rings (SSSR count). The smallest absolute Gasteiger partial charge is 0.250 e. The number of alkyl halides is 2. The second kappa shape index (κ2) is 7.67. The Kier molecular flexibility index (Phi) is 5.06. The molecule has 0 saturated heterocycles. The highest BCUT2D eigenvalue weighted by Crippen LogP contribution is 2.42. The molecule has 0 amide bonds. The third kappa shape index (κ3) is 3.80. The molecule has 1 aromatic carbocycles. The Morgan fingerprint density at radius 3 is 2.75 bits per heavy atom. The average Bonchev–Trinajstić information content (AvgIpc) is 3.50. The maximum Gasteiger partial charge on any atom is 0.250 e. The topological polar surface area (TPSA) is 61.9 Å². The van der Waals surface area contributed by atoms with Gasteiger partial charge in [-0.05, 0) is 44.4 Å². The van der Waals surface area contributed by atoms with Crippen molar-refractivity contribution < 1.29 is 18.3 Å². The van der Waals surface area contributed by atoms with Gasteiger partial charge in [0.15, 0.2) is 0 Å². The maximum atomic E-state index is 13.7. The molecular formula is C24H28F2N4O2. The van der Waals surface area contributed by atoms with Gasteiger partial charge < -0.3 is 4.74 Å².